The summed E-state index contributed by atoms with van der Waals surface area (Å²) >= 11 is 5.86. The molecule has 0 radical (unpaired) electrons. The van der Waals surface area contributed by atoms with Crippen LogP contribution in [-0.4, -0.2) is 30.4 Å². The van der Waals surface area contributed by atoms with Crippen LogP contribution in [0.5, 0.6) is 0 Å². The van der Waals surface area contributed by atoms with Crippen molar-refractivity contribution in [3.63, 3.8) is 0 Å². The summed E-state index contributed by atoms with van der Waals surface area (Å²) in [4.78, 5) is 26.1. The van der Waals surface area contributed by atoms with Gasteiger partial charge in [0, 0.05) is 23.7 Å². The monoisotopic (exact) mass is 363 g/mol. The quantitative estimate of drug-likeness (QED) is 0.730. The molecule has 2 aromatic rings. The second kappa shape index (κ2) is 8.62. The predicted octanol–water partition coefficient (Wildman–Crippen LogP) is 3.93. The van der Waals surface area contributed by atoms with Gasteiger partial charge in [-0.2, -0.15) is 0 Å². The van der Waals surface area contributed by atoms with Gasteiger partial charge in [0.1, 0.15) is 5.82 Å². The van der Waals surface area contributed by atoms with Gasteiger partial charge in [-0.05, 0) is 42.0 Å². The molecule has 1 amide bonds. The Bertz CT molecular complexity index is 731. The molecule has 0 saturated heterocycles. The summed E-state index contributed by atoms with van der Waals surface area (Å²) in [6, 6.07) is 12.4. The van der Waals surface area contributed by atoms with E-state index in [4.69, 9.17) is 16.3 Å². The van der Waals surface area contributed by atoms with Crippen molar-refractivity contribution in [2.75, 3.05) is 13.7 Å². The van der Waals surface area contributed by atoms with Crippen molar-refractivity contribution in [1.29, 1.82) is 0 Å². The third-order valence-electron chi connectivity index (χ3n) is 3.76. The van der Waals surface area contributed by atoms with Gasteiger partial charge in [0.2, 0.25) is 0 Å². The number of esters is 1. The van der Waals surface area contributed by atoms with Crippen molar-refractivity contribution in [3.05, 3.63) is 70.5 Å². The number of amides is 1. The lowest BCUT2D eigenvalue weighted by molar-refractivity contribution is -0.145. The highest BCUT2D eigenvalue weighted by atomic mass is 35.5. The number of benzene rings is 2. The molecule has 0 N–H and O–H groups in total. The summed E-state index contributed by atoms with van der Waals surface area (Å²) in [5.74, 6) is -1.46. The number of rotatable bonds is 6. The Balaban J connectivity index is 2.23. The lowest BCUT2D eigenvalue weighted by atomic mass is 10.1. The van der Waals surface area contributed by atoms with Crippen LogP contribution in [0.2, 0.25) is 5.02 Å². The minimum absolute atomic E-state index is 0.186. The van der Waals surface area contributed by atoms with E-state index in [0.29, 0.717) is 10.6 Å². The maximum absolute atomic E-state index is 13.1. The molecule has 0 aliphatic rings. The van der Waals surface area contributed by atoms with Gasteiger partial charge in [-0.25, -0.2) is 4.39 Å². The second-order valence-corrected chi connectivity index (χ2v) is 6.18. The first-order valence-corrected chi connectivity index (χ1v) is 8.15. The number of hydrogen-bond acceptors (Lipinski definition) is 3. The molecule has 1 atom stereocenters. The summed E-state index contributed by atoms with van der Waals surface area (Å²) in [5, 5.41) is 0.532. The maximum Gasteiger partial charge on any atom is 0.310 e. The molecule has 0 aromatic heterocycles. The van der Waals surface area contributed by atoms with E-state index in [1.165, 1.54) is 24.1 Å². The topological polar surface area (TPSA) is 46.6 Å². The first kappa shape index (κ1) is 18.9. The molecule has 0 aliphatic carbocycles. The Morgan fingerprint density at radius 2 is 1.72 bits per heavy atom. The van der Waals surface area contributed by atoms with Crippen molar-refractivity contribution in [1.82, 2.24) is 4.90 Å². The van der Waals surface area contributed by atoms with Gasteiger partial charge in [0.05, 0.1) is 13.0 Å². The SMILES string of the molecule is COC(=O)C(C)CN(Cc1ccc(F)cc1)C(=O)c1ccc(Cl)cc1. The van der Waals surface area contributed by atoms with E-state index in [2.05, 4.69) is 0 Å². The van der Waals surface area contributed by atoms with Crippen LogP contribution < -0.4 is 0 Å². The average molecular weight is 364 g/mol. The molecule has 0 heterocycles. The Labute approximate surface area is 151 Å². The zero-order chi connectivity index (χ0) is 18.4. The van der Waals surface area contributed by atoms with E-state index in [9.17, 15) is 14.0 Å². The van der Waals surface area contributed by atoms with Gasteiger partial charge < -0.3 is 9.64 Å². The molecule has 0 saturated carbocycles. The third-order valence-corrected chi connectivity index (χ3v) is 4.01. The fraction of sp³-hybridized carbons (Fsp3) is 0.263. The molecule has 0 aliphatic heterocycles. The Kier molecular flexibility index (Phi) is 6.53. The van der Waals surface area contributed by atoms with Crippen LogP contribution in [0, 0.1) is 11.7 Å². The minimum atomic E-state index is -0.485. The molecule has 1 unspecified atom stereocenters. The van der Waals surface area contributed by atoms with Crippen molar-refractivity contribution >= 4 is 23.5 Å². The fourth-order valence-corrected chi connectivity index (χ4v) is 2.54. The van der Waals surface area contributed by atoms with Crippen molar-refractivity contribution in [2.24, 2.45) is 5.92 Å². The van der Waals surface area contributed by atoms with E-state index in [-0.39, 0.29) is 24.8 Å². The summed E-state index contributed by atoms with van der Waals surface area (Å²) in [6.45, 7) is 2.13. The lowest BCUT2D eigenvalue weighted by Gasteiger charge is -2.25. The first-order valence-electron chi connectivity index (χ1n) is 7.78. The van der Waals surface area contributed by atoms with Gasteiger partial charge in [0.25, 0.3) is 5.91 Å². The van der Waals surface area contributed by atoms with Crippen LogP contribution in [-0.2, 0) is 16.1 Å². The Morgan fingerprint density at radius 1 is 1.12 bits per heavy atom. The number of halogens is 2. The second-order valence-electron chi connectivity index (χ2n) is 5.74. The highest BCUT2D eigenvalue weighted by molar-refractivity contribution is 6.30. The highest BCUT2D eigenvalue weighted by Gasteiger charge is 2.23. The van der Waals surface area contributed by atoms with Gasteiger partial charge >= 0.3 is 5.97 Å². The molecule has 2 rings (SSSR count). The Morgan fingerprint density at radius 3 is 2.28 bits per heavy atom. The number of carbonyl (C=O) groups is 2. The maximum atomic E-state index is 13.1. The van der Waals surface area contributed by atoms with Gasteiger partial charge in [-0.3, -0.25) is 9.59 Å². The van der Waals surface area contributed by atoms with Crippen molar-refractivity contribution in [2.45, 2.75) is 13.5 Å². The summed E-state index contributed by atoms with van der Waals surface area (Å²) in [6.07, 6.45) is 0. The average Bonchev–Trinajstić information content (AvgIpc) is 2.62. The first-order chi connectivity index (χ1) is 11.9. The number of nitrogens with zero attached hydrogens (tertiary/aromatic N) is 1. The molecule has 2 aromatic carbocycles. The van der Waals surface area contributed by atoms with Gasteiger partial charge in [0.15, 0.2) is 0 Å². The fourth-order valence-electron chi connectivity index (χ4n) is 2.41. The molecule has 25 heavy (non-hydrogen) atoms. The molecule has 0 fully saturated rings. The molecule has 4 nitrogen and oxygen atoms in total. The lowest BCUT2D eigenvalue weighted by Crippen LogP contribution is -2.36. The molecular weight excluding hydrogens is 345 g/mol. The number of hydrogen-bond donors (Lipinski definition) is 0. The molecule has 0 bridgehead atoms. The van der Waals surface area contributed by atoms with Gasteiger partial charge in [-0.15, -0.1) is 0 Å². The Hall–Kier alpha value is -2.40. The van der Waals surface area contributed by atoms with E-state index >= 15 is 0 Å². The zero-order valence-electron chi connectivity index (χ0n) is 14.0. The van der Waals surface area contributed by atoms with Crippen molar-refractivity contribution in [3.8, 4) is 0 Å². The van der Waals surface area contributed by atoms with Crippen LogP contribution in [0.15, 0.2) is 48.5 Å². The molecule has 6 heteroatoms. The smallest absolute Gasteiger partial charge is 0.310 e. The summed E-state index contributed by atoms with van der Waals surface area (Å²) in [5.41, 5.74) is 1.23. The van der Waals surface area contributed by atoms with Crippen molar-refractivity contribution < 1.29 is 18.7 Å². The standard InChI is InChI=1S/C19H19ClFNO3/c1-13(19(24)25-2)11-22(12-14-3-9-17(21)10-4-14)18(23)15-5-7-16(20)8-6-15/h3-10,13H,11-12H2,1-2H3. The number of ether oxygens (including phenoxy) is 1. The van der Waals surface area contributed by atoms with Crippen LogP contribution >= 0.6 is 11.6 Å². The largest absolute Gasteiger partial charge is 0.469 e. The van der Waals surface area contributed by atoms with Crippen LogP contribution in [0.25, 0.3) is 0 Å². The molecular formula is C19H19ClFNO3. The van der Waals surface area contributed by atoms with Crippen LogP contribution in [0.4, 0.5) is 4.39 Å². The summed E-state index contributed by atoms with van der Waals surface area (Å²) in [7, 11) is 1.31. The number of carbonyl (C=O) groups excluding carboxylic acids is 2. The third kappa shape index (κ3) is 5.29. The summed E-state index contributed by atoms with van der Waals surface area (Å²) < 4.78 is 17.8. The van der Waals surface area contributed by atoms with E-state index in [1.807, 2.05) is 0 Å². The van der Waals surface area contributed by atoms with E-state index in [1.54, 1.807) is 43.3 Å². The van der Waals surface area contributed by atoms with Crippen LogP contribution in [0.3, 0.4) is 0 Å². The van der Waals surface area contributed by atoms with E-state index < -0.39 is 11.9 Å². The highest BCUT2D eigenvalue weighted by Crippen LogP contribution is 2.16. The number of methoxy groups -OCH3 is 1. The zero-order valence-corrected chi connectivity index (χ0v) is 14.8. The minimum Gasteiger partial charge on any atom is -0.469 e. The van der Waals surface area contributed by atoms with Gasteiger partial charge in [-0.1, -0.05) is 30.7 Å². The van der Waals surface area contributed by atoms with E-state index in [0.717, 1.165) is 5.56 Å². The molecule has 132 valence electrons. The molecule has 0 spiro atoms. The van der Waals surface area contributed by atoms with Crippen LogP contribution in [0.1, 0.15) is 22.8 Å². The normalized spacial score (nSPS) is 11.7. The predicted molar refractivity (Wildman–Crippen MR) is 93.8 cm³/mol.